The van der Waals surface area contributed by atoms with E-state index in [2.05, 4.69) is 0 Å². The third-order valence-electron chi connectivity index (χ3n) is 4.70. The first kappa shape index (κ1) is 17.0. The van der Waals surface area contributed by atoms with E-state index in [1.165, 1.54) is 0 Å². The number of carbonyl (C=O) groups excluding carboxylic acids is 1. The van der Waals surface area contributed by atoms with E-state index in [4.69, 9.17) is 15.2 Å². The molecular weight excluding hydrogens is 342 g/mol. The number of carbonyl (C=O) groups is 1. The van der Waals surface area contributed by atoms with Crippen molar-refractivity contribution in [3.05, 3.63) is 83.2 Å². The molecule has 0 bridgehead atoms. The van der Waals surface area contributed by atoms with E-state index < -0.39 is 11.9 Å². The predicted molar refractivity (Wildman–Crippen MR) is 102 cm³/mol. The highest BCUT2D eigenvalue weighted by Crippen LogP contribution is 2.49. The van der Waals surface area contributed by atoms with E-state index in [1.807, 2.05) is 54.6 Å². The maximum absolute atomic E-state index is 12.7. The first-order valence-corrected chi connectivity index (χ1v) is 8.76. The van der Waals surface area contributed by atoms with Gasteiger partial charge in [-0.2, -0.15) is 0 Å². The zero-order valence-electron chi connectivity index (χ0n) is 14.8. The molecule has 3 aromatic carbocycles. The molecule has 136 valence electrons. The summed E-state index contributed by atoms with van der Waals surface area (Å²) in [7, 11) is 0. The Balaban J connectivity index is 2.03. The molecule has 4 rings (SSSR count). The van der Waals surface area contributed by atoms with Gasteiger partial charge in [-0.3, -0.25) is 0 Å². The Morgan fingerprint density at radius 2 is 1.85 bits per heavy atom. The maximum Gasteiger partial charge on any atom is 0.340 e. The molecular formula is C22H19NO4. The molecule has 0 aliphatic carbocycles. The van der Waals surface area contributed by atoms with Crippen LogP contribution >= 0.6 is 0 Å². The Kier molecular flexibility index (Phi) is 4.20. The highest BCUT2D eigenvalue weighted by atomic mass is 16.5. The Morgan fingerprint density at radius 1 is 1.15 bits per heavy atom. The van der Waals surface area contributed by atoms with Crippen molar-refractivity contribution >= 4 is 16.7 Å². The lowest BCUT2D eigenvalue weighted by molar-refractivity contribution is -0.139. The maximum atomic E-state index is 12.7. The SMILES string of the molecule is CCOC(=O)C1=C(N)Oc2c(c(O)cc3ccccc23)[C@@H]1c1ccccc1. The van der Waals surface area contributed by atoms with Crippen LogP contribution in [-0.4, -0.2) is 17.7 Å². The molecule has 0 aromatic heterocycles. The Morgan fingerprint density at radius 3 is 2.59 bits per heavy atom. The molecule has 0 spiro atoms. The van der Waals surface area contributed by atoms with Crippen molar-refractivity contribution < 1.29 is 19.4 Å². The van der Waals surface area contributed by atoms with Crippen LogP contribution in [0.5, 0.6) is 11.5 Å². The van der Waals surface area contributed by atoms with Crippen molar-refractivity contribution in [2.45, 2.75) is 12.8 Å². The summed E-state index contributed by atoms with van der Waals surface area (Å²) in [5.41, 5.74) is 7.69. The second-order valence-corrected chi connectivity index (χ2v) is 6.30. The second-order valence-electron chi connectivity index (χ2n) is 6.30. The van der Waals surface area contributed by atoms with Gasteiger partial charge in [-0.25, -0.2) is 4.79 Å². The van der Waals surface area contributed by atoms with Gasteiger partial charge in [0, 0.05) is 10.9 Å². The first-order chi connectivity index (χ1) is 13.1. The van der Waals surface area contributed by atoms with Gasteiger partial charge >= 0.3 is 5.97 Å². The van der Waals surface area contributed by atoms with Crippen LogP contribution in [0.3, 0.4) is 0 Å². The molecule has 0 amide bonds. The minimum Gasteiger partial charge on any atom is -0.507 e. The fourth-order valence-corrected chi connectivity index (χ4v) is 3.56. The number of ether oxygens (including phenoxy) is 2. The summed E-state index contributed by atoms with van der Waals surface area (Å²) in [5, 5.41) is 12.4. The number of rotatable bonds is 3. The lowest BCUT2D eigenvalue weighted by Gasteiger charge is -2.30. The largest absolute Gasteiger partial charge is 0.507 e. The summed E-state index contributed by atoms with van der Waals surface area (Å²) in [4.78, 5) is 12.7. The van der Waals surface area contributed by atoms with Crippen molar-refractivity contribution in [1.82, 2.24) is 0 Å². The van der Waals surface area contributed by atoms with Crippen LogP contribution in [0.25, 0.3) is 10.8 Å². The normalized spacial score (nSPS) is 16.0. The van der Waals surface area contributed by atoms with Gasteiger partial charge < -0.3 is 20.3 Å². The zero-order valence-corrected chi connectivity index (χ0v) is 14.8. The van der Waals surface area contributed by atoms with Gasteiger partial charge in [0.05, 0.1) is 12.5 Å². The number of fused-ring (bicyclic) bond motifs is 3. The molecule has 0 unspecified atom stereocenters. The summed E-state index contributed by atoms with van der Waals surface area (Å²) < 4.78 is 11.1. The minimum atomic E-state index is -0.585. The topological polar surface area (TPSA) is 81.8 Å². The number of benzene rings is 3. The Labute approximate surface area is 156 Å². The van der Waals surface area contributed by atoms with Crippen molar-refractivity contribution in [3.63, 3.8) is 0 Å². The molecule has 0 saturated carbocycles. The molecule has 3 N–H and O–H groups in total. The van der Waals surface area contributed by atoms with Crippen molar-refractivity contribution in [3.8, 4) is 11.5 Å². The number of hydrogen-bond donors (Lipinski definition) is 2. The fraction of sp³-hybridized carbons (Fsp3) is 0.136. The van der Waals surface area contributed by atoms with E-state index in [9.17, 15) is 9.90 Å². The summed E-state index contributed by atoms with van der Waals surface area (Å²) in [6.07, 6.45) is 0. The molecule has 0 fully saturated rings. The summed E-state index contributed by atoms with van der Waals surface area (Å²) in [5.74, 6) is -0.636. The first-order valence-electron chi connectivity index (χ1n) is 8.76. The lowest BCUT2D eigenvalue weighted by atomic mass is 9.81. The molecule has 1 atom stereocenters. The number of phenolic OH excluding ortho intramolecular Hbond substituents is 1. The van der Waals surface area contributed by atoms with Crippen LogP contribution in [0.1, 0.15) is 24.0 Å². The fourth-order valence-electron chi connectivity index (χ4n) is 3.56. The van der Waals surface area contributed by atoms with Gasteiger partial charge in [-0.05, 0) is 23.9 Å². The van der Waals surface area contributed by atoms with E-state index in [0.717, 1.165) is 16.3 Å². The monoisotopic (exact) mass is 361 g/mol. The van der Waals surface area contributed by atoms with Crippen molar-refractivity contribution in [2.75, 3.05) is 6.61 Å². The summed E-state index contributed by atoms with van der Waals surface area (Å²) in [6.45, 7) is 1.95. The lowest BCUT2D eigenvalue weighted by Crippen LogP contribution is -2.27. The number of nitrogens with two attached hydrogens (primary N) is 1. The third kappa shape index (κ3) is 2.77. The molecule has 3 aromatic rings. The highest BCUT2D eigenvalue weighted by molar-refractivity contribution is 5.97. The standard InChI is InChI=1S/C22H19NO4/c1-2-26-22(25)19-17(13-8-4-3-5-9-13)18-16(24)12-14-10-6-7-11-15(14)20(18)27-21(19)23/h3-12,17,24H,2,23H2,1H3/t17-/m0/s1. The van der Waals surface area contributed by atoms with Crippen LogP contribution in [0, 0.1) is 0 Å². The average molecular weight is 361 g/mol. The molecule has 0 saturated heterocycles. The predicted octanol–water partition coefficient (Wildman–Crippen LogP) is 3.80. The quantitative estimate of drug-likeness (QED) is 0.694. The van der Waals surface area contributed by atoms with E-state index in [-0.39, 0.29) is 23.8 Å². The summed E-state index contributed by atoms with van der Waals surface area (Å²) in [6, 6.07) is 18.7. The molecule has 1 aliphatic heterocycles. The number of aromatic hydroxyl groups is 1. The van der Waals surface area contributed by atoms with Crippen LogP contribution in [-0.2, 0) is 9.53 Å². The molecule has 0 radical (unpaired) electrons. The molecule has 27 heavy (non-hydrogen) atoms. The van der Waals surface area contributed by atoms with Crippen LogP contribution < -0.4 is 10.5 Å². The van der Waals surface area contributed by atoms with E-state index in [0.29, 0.717) is 11.3 Å². The van der Waals surface area contributed by atoms with Gasteiger partial charge in [0.2, 0.25) is 5.88 Å². The van der Waals surface area contributed by atoms with Gasteiger partial charge in [-0.15, -0.1) is 0 Å². The number of esters is 1. The number of phenols is 1. The third-order valence-corrected chi connectivity index (χ3v) is 4.70. The van der Waals surface area contributed by atoms with Gasteiger partial charge in [-0.1, -0.05) is 54.6 Å². The Bertz CT molecular complexity index is 1060. The Hall–Kier alpha value is -3.47. The number of hydrogen-bond acceptors (Lipinski definition) is 5. The van der Waals surface area contributed by atoms with Crippen LogP contribution in [0.4, 0.5) is 0 Å². The molecule has 1 aliphatic rings. The van der Waals surface area contributed by atoms with E-state index in [1.54, 1.807) is 13.0 Å². The molecule has 5 heteroatoms. The van der Waals surface area contributed by atoms with Crippen molar-refractivity contribution in [1.29, 1.82) is 0 Å². The van der Waals surface area contributed by atoms with Crippen molar-refractivity contribution in [2.24, 2.45) is 5.73 Å². The van der Waals surface area contributed by atoms with E-state index >= 15 is 0 Å². The van der Waals surface area contributed by atoms with Crippen LogP contribution in [0.15, 0.2) is 72.1 Å². The second kappa shape index (κ2) is 6.68. The van der Waals surface area contributed by atoms with Gasteiger partial charge in [0.1, 0.15) is 17.1 Å². The average Bonchev–Trinajstić information content (AvgIpc) is 2.68. The molecule has 5 nitrogen and oxygen atoms in total. The highest BCUT2D eigenvalue weighted by Gasteiger charge is 2.38. The smallest absolute Gasteiger partial charge is 0.340 e. The molecule has 1 heterocycles. The zero-order chi connectivity index (χ0) is 19.0. The minimum absolute atomic E-state index is 0.00874. The van der Waals surface area contributed by atoms with Crippen LogP contribution in [0.2, 0.25) is 0 Å². The van der Waals surface area contributed by atoms with Gasteiger partial charge in [0.15, 0.2) is 0 Å². The van der Waals surface area contributed by atoms with Gasteiger partial charge in [0.25, 0.3) is 0 Å². The summed E-state index contributed by atoms with van der Waals surface area (Å²) >= 11 is 0.